The fourth-order valence-corrected chi connectivity index (χ4v) is 13.3. The van der Waals surface area contributed by atoms with Crippen molar-refractivity contribution in [3.05, 3.63) is 210 Å². The van der Waals surface area contributed by atoms with E-state index in [0.717, 1.165) is 5.69 Å². The maximum atomic E-state index is 2.56. The lowest BCUT2D eigenvalue weighted by Crippen LogP contribution is -2.21. The smallest absolute Gasteiger partial charge is 0.0540 e. The standard InChI is InChI=1S/C60H45NS/c1-59(2)51-23-8-5-18-45(51)48-21-13-22-49(57(48)59)47-19-7-10-25-54(47)61(41-32-34-46-44-17-6-9-24-52(44)60(53(46)37-41)35-11-12-36-60)40-30-27-39(28-31-40)42-20-14-26-55-56(42)50-33-29-38-15-3-4-16-43(38)58(50)62-55/h3-10,13-34,37H,11-12,35-36H2,1-2H3. The molecular formula is C60H45NS. The van der Waals surface area contributed by atoms with E-state index in [1.165, 1.54) is 135 Å². The summed E-state index contributed by atoms with van der Waals surface area (Å²) in [5.41, 5.74) is 19.8. The van der Waals surface area contributed by atoms with Gasteiger partial charge in [-0.25, -0.2) is 0 Å². The van der Waals surface area contributed by atoms with Crippen LogP contribution in [-0.4, -0.2) is 0 Å². The first-order valence-corrected chi connectivity index (χ1v) is 23.1. The van der Waals surface area contributed by atoms with E-state index in [2.05, 4.69) is 207 Å². The van der Waals surface area contributed by atoms with Gasteiger partial charge in [0.1, 0.15) is 0 Å². The molecule has 0 unspecified atom stereocenters. The molecule has 1 heterocycles. The van der Waals surface area contributed by atoms with Crippen molar-refractivity contribution in [3.63, 3.8) is 0 Å². The molecule has 0 atom stereocenters. The average molecular weight is 812 g/mol. The molecule has 3 aliphatic rings. The van der Waals surface area contributed by atoms with E-state index < -0.39 is 0 Å². The van der Waals surface area contributed by atoms with E-state index in [1.807, 2.05) is 11.3 Å². The van der Waals surface area contributed by atoms with Crippen LogP contribution in [0.15, 0.2) is 188 Å². The van der Waals surface area contributed by atoms with Gasteiger partial charge in [0.05, 0.1) is 5.69 Å². The molecule has 1 nitrogen and oxygen atoms in total. The number of hydrogen-bond donors (Lipinski definition) is 0. The molecule has 1 fully saturated rings. The van der Waals surface area contributed by atoms with Gasteiger partial charge in [-0.05, 0) is 121 Å². The largest absolute Gasteiger partial charge is 0.310 e. The van der Waals surface area contributed by atoms with Crippen molar-refractivity contribution >= 4 is 59.3 Å². The molecular weight excluding hydrogens is 767 g/mol. The summed E-state index contributed by atoms with van der Waals surface area (Å²) in [4.78, 5) is 2.55. The Morgan fingerprint density at radius 1 is 0.452 bits per heavy atom. The second kappa shape index (κ2) is 13.4. The summed E-state index contributed by atoms with van der Waals surface area (Å²) in [7, 11) is 0. The summed E-state index contributed by atoms with van der Waals surface area (Å²) in [5.74, 6) is 0. The number of fused-ring (bicyclic) bond motifs is 13. The van der Waals surface area contributed by atoms with E-state index in [4.69, 9.17) is 0 Å². The number of rotatable bonds is 5. The van der Waals surface area contributed by atoms with Crippen molar-refractivity contribution in [2.75, 3.05) is 4.90 Å². The highest BCUT2D eigenvalue weighted by Crippen LogP contribution is 2.59. The third-order valence-electron chi connectivity index (χ3n) is 14.8. The number of thiophene rings is 1. The molecule has 2 heteroatoms. The van der Waals surface area contributed by atoms with Crippen LogP contribution in [-0.2, 0) is 10.8 Å². The number of para-hydroxylation sites is 1. The van der Waals surface area contributed by atoms with Gasteiger partial charge in [-0.1, -0.05) is 178 Å². The monoisotopic (exact) mass is 811 g/mol. The van der Waals surface area contributed by atoms with E-state index in [9.17, 15) is 0 Å². The summed E-state index contributed by atoms with van der Waals surface area (Å²) in [6.07, 6.45) is 4.95. The lowest BCUT2D eigenvalue weighted by atomic mass is 9.76. The minimum absolute atomic E-state index is 0.0698. The number of nitrogens with zero attached hydrogens (tertiary/aromatic N) is 1. The lowest BCUT2D eigenvalue weighted by molar-refractivity contribution is 0.550. The third-order valence-corrected chi connectivity index (χ3v) is 16.0. The molecule has 296 valence electrons. The van der Waals surface area contributed by atoms with Crippen LogP contribution in [0.4, 0.5) is 17.1 Å². The molecule has 1 saturated carbocycles. The van der Waals surface area contributed by atoms with Crippen molar-refractivity contribution in [2.45, 2.75) is 50.4 Å². The van der Waals surface area contributed by atoms with Gasteiger partial charge in [-0.15, -0.1) is 11.3 Å². The fourth-order valence-electron chi connectivity index (χ4n) is 12.1. The van der Waals surface area contributed by atoms with Crippen molar-refractivity contribution in [3.8, 4) is 44.5 Å². The van der Waals surface area contributed by atoms with Gasteiger partial charge in [0, 0.05) is 47.9 Å². The molecule has 0 N–H and O–H groups in total. The van der Waals surface area contributed by atoms with Gasteiger partial charge in [0.25, 0.3) is 0 Å². The van der Waals surface area contributed by atoms with Crippen molar-refractivity contribution in [2.24, 2.45) is 0 Å². The van der Waals surface area contributed by atoms with Gasteiger partial charge < -0.3 is 4.90 Å². The molecule has 0 amide bonds. The summed E-state index contributed by atoms with van der Waals surface area (Å²) >= 11 is 1.91. The molecule has 1 spiro atoms. The van der Waals surface area contributed by atoms with E-state index in [0.29, 0.717) is 0 Å². The fraction of sp³-hybridized carbons (Fsp3) is 0.133. The molecule has 9 aromatic carbocycles. The Kier molecular flexibility index (Phi) is 7.76. The Bertz CT molecular complexity index is 3450. The van der Waals surface area contributed by atoms with Crippen LogP contribution in [0.2, 0.25) is 0 Å². The van der Waals surface area contributed by atoms with Crippen LogP contribution in [0.25, 0.3) is 75.5 Å². The SMILES string of the molecule is CC1(C)c2ccccc2-c2cccc(-c3ccccc3N(c3ccc(-c4cccc5sc6c7ccccc7ccc6c45)cc3)c3ccc4c(c3)C3(CCCC3)c3ccccc3-4)c21. The highest BCUT2D eigenvalue weighted by atomic mass is 32.1. The molecule has 0 bridgehead atoms. The number of anilines is 3. The van der Waals surface area contributed by atoms with E-state index >= 15 is 0 Å². The second-order valence-electron chi connectivity index (χ2n) is 18.3. The Hall–Kier alpha value is -6.74. The van der Waals surface area contributed by atoms with E-state index in [1.54, 1.807) is 0 Å². The maximum absolute atomic E-state index is 2.56. The molecule has 10 aromatic rings. The van der Waals surface area contributed by atoms with Gasteiger partial charge in [0.2, 0.25) is 0 Å². The Morgan fingerprint density at radius 2 is 1.06 bits per heavy atom. The molecule has 0 radical (unpaired) electrons. The van der Waals surface area contributed by atoms with Crippen LogP contribution in [0.3, 0.4) is 0 Å². The normalized spacial score (nSPS) is 15.3. The Morgan fingerprint density at radius 3 is 1.89 bits per heavy atom. The molecule has 1 aromatic heterocycles. The highest BCUT2D eigenvalue weighted by Gasteiger charge is 2.45. The Labute approximate surface area is 367 Å². The minimum atomic E-state index is -0.143. The van der Waals surface area contributed by atoms with E-state index in [-0.39, 0.29) is 10.8 Å². The lowest BCUT2D eigenvalue weighted by Gasteiger charge is -2.32. The van der Waals surface area contributed by atoms with Crippen molar-refractivity contribution in [1.82, 2.24) is 0 Å². The second-order valence-corrected chi connectivity index (χ2v) is 19.4. The predicted molar refractivity (Wildman–Crippen MR) is 265 cm³/mol. The number of hydrogen-bond acceptors (Lipinski definition) is 2. The van der Waals surface area contributed by atoms with Crippen LogP contribution in [0.5, 0.6) is 0 Å². The predicted octanol–water partition coefficient (Wildman–Crippen LogP) is 17.2. The first kappa shape index (κ1) is 36.0. The zero-order valence-electron chi connectivity index (χ0n) is 35.1. The zero-order valence-corrected chi connectivity index (χ0v) is 35.9. The van der Waals surface area contributed by atoms with Gasteiger partial charge >= 0.3 is 0 Å². The average Bonchev–Trinajstić information content (AvgIpc) is 4.09. The molecule has 62 heavy (non-hydrogen) atoms. The molecule has 0 aliphatic heterocycles. The summed E-state index contributed by atoms with van der Waals surface area (Å²) < 4.78 is 2.69. The van der Waals surface area contributed by atoms with Gasteiger partial charge in [-0.2, -0.15) is 0 Å². The molecule has 13 rings (SSSR count). The van der Waals surface area contributed by atoms with Crippen LogP contribution in [0, 0.1) is 0 Å². The molecule has 0 saturated heterocycles. The highest BCUT2D eigenvalue weighted by molar-refractivity contribution is 7.26. The summed E-state index contributed by atoms with van der Waals surface area (Å²) in [6.45, 7) is 4.80. The topological polar surface area (TPSA) is 3.24 Å². The van der Waals surface area contributed by atoms with Crippen LogP contribution < -0.4 is 4.90 Å². The summed E-state index contributed by atoms with van der Waals surface area (Å²) in [6, 6.07) is 71.3. The first-order valence-electron chi connectivity index (χ1n) is 22.3. The van der Waals surface area contributed by atoms with Crippen LogP contribution in [0.1, 0.15) is 61.8 Å². The first-order chi connectivity index (χ1) is 30.5. The van der Waals surface area contributed by atoms with Gasteiger partial charge in [0.15, 0.2) is 0 Å². The number of benzene rings is 9. The Balaban J connectivity index is 1.01. The zero-order chi connectivity index (χ0) is 41.2. The quantitative estimate of drug-likeness (QED) is 0.167. The molecule has 3 aliphatic carbocycles. The minimum Gasteiger partial charge on any atom is -0.310 e. The van der Waals surface area contributed by atoms with Crippen LogP contribution >= 0.6 is 11.3 Å². The maximum Gasteiger partial charge on any atom is 0.0540 e. The van der Waals surface area contributed by atoms with Gasteiger partial charge in [-0.3, -0.25) is 0 Å². The van der Waals surface area contributed by atoms with Crippen molar-refractivity contribution in [1.29, 1.82) is 0 Å². The summed E-state index contributed by atoms with van der Waals surface area (Å²) in [5, 5.41) is 5.30. The van der Waals surface area contributed by atoms with Crippen molar-refractivity contribution < 1.29 is 0 Å². The third kappa shape index (κ3) is 5.02.